The van der Waals surface area contributed by atoms with Gasteiger partial charge in [0.05, 0.1) is 13.4 Å². The summed E-state index contributed by atoms with van der Waals surface area (Å²) in [5.74, 6) is 1.71. The van der Waals surface area contributed by atoms with E-state index in [0.29, 0.717) is 17.4 Å². The van der Waals surface area contributed by atoms with Crippen molar-refractivity contribution in [2.24, 2.45) is 13.0 Å². The highest BCUT2D eigenvalue weighted by Gasteiger charge is 2.24. The molecule has 0 spiro atoms. The molecule has 0 atom stereocenters. The highest BCUT2D eigenvalue weighted by Crippen LogP contribution is 2.22. The van der Waals surface area contributed by atoms with Gasteiger partial charge in [-0.3, -0.25) is 4.79 Å². The van der Waals surface area contributed by atoms with Crippen molar-refractivity contribution in [1.82, 2.24) is 29.4 Å². The predicted octanol–water partition coefficient (Wildman–Crippen LogP) is 1.73. The number of hydrogen-bond donors (Lipinski definition) is 1. The smallest absolute Gasteiger partial charge is 0.254 e. The largest absolute Gasteiger partial charge is 0.481 e. The number of rotatable bonds is 5. The Balaban J connectivity index is 1.33. The van der Waals surface area contributed by atoms with Crippen LogP contribution in [0.25, 0.3) is 11.2 Å². The second-order valence-corrected chi connectivity index (χ2v) is 6.95. The van der Waals surface area contributed by atoms with Crippen molar-refractivity contribution in [3.8, 4) is 5.88 Å². The van der Waals surface area contributed by atoms with Crippen molar-refractivity contribution in [3.63, 3.8) is 0 Å². The van der Waals surface area contributed by atoms with Gasteiger partial charge in [0.15, 0.2) is 11.5 Å². The molecule has 0 saturated carbocycles. The molecule has 1 saturated heterocycles. The number of pyridine rings is 1. The first-order valence-corrected chi connectivity index (χ1v) is 9.31. The van der Waals surface area contributed by atoms with Gasteiger partial charge in [-0.05, 0) is 24.8 Å². The molecule has 1 amide bonds. The zero-order chi connectivity index (χ0) is 19.5. The number of ether oxygens (including phenoxy) is 1. The standard InChI is InChI=1S/C19H23N7O2/c1-25-12-24-16-17(22-11-23-18(16)25)21-10-13-4-7-26(8-5-13)19(27)14-3-6-20-15(9-14)28-2/h3,6,9,11-13H,4-5,7-8,10H2,1-2H3,(H,21,22,23). The number of aryl methyl sites for hydroxylation is 1. The van der Waals surface area contributed by atoms with Crippen LogP contribution in [-0.2, 0) is 7.05 Å². The Morgan fingerprint density at radius 1 is 1.25 bits per heavy atom. The number of likely N-dealkylation sites (tertiary alicyclic amines) is 1. The Labute approximate surface area is 162 Å². The van der Waals surface area contributed by atoms with Gasteiger partial charge < -0.3 is 19.5 Å². The first-order chi connectivity index (χ1) is 13.7. The highest BCUT2D eigenvalue weighted by molar-refractivity contribution is 5.94. The van der Waals surface area contributed by atoms with E-state index in [1.807, 2.05) is 16.5 Å². The average molecular weight is 381 g/mol. The van der Waals surface area contributed by atoms with Gasteiger partial charge in [-0.1, -0.05) is 0 Å². The maximum atomic E-state index is 12.7. The molecule has 0 aromatic carbocycles. The molecule has 146 valence electrons. The third kappa shape index (κ3) is 3.60. The SMILES string of the molecule is COc1cc(C(=O)N2CCC(CNc3ncnc4c3ncn4C)CC2)ccn1. The second-order valence-electron chi connectivity index (χ2n) is 6.95. The van der Waals surface area contributed by atoms with Crippen molar-refractivity contribution in [1.29, 1.82) is 0 Å². The molecule has 9 nitrogen and oxygen atoms in total. The van der Waals surface area contributed by atoms with Crippen LogP contribution in [0.15, 0.2) is 31.0 Å². The van der Waals surface area contributed by atoms with E-state index in [2.05, 4.69) is 25.3 Å². The summed E-state index contributed by atoms with van der Waals surface area (Å²) in [6, 6.07) is 3.41. The van der Waals surface area contributed by atoms with Crippen LogP contribution >= 0.6 is 0 Å². The summed E-state index contributed by atoms with van der Waals surface area (Å²) in [5, 5.41) is 3.41. The molecular formula is C19H23N7O2. The number of carbonyl (C=O) groups excluding carboxylic acids is 1. The normalized spacial score (nSPS) is 15.0. The van der Waals surface area contributed by atoms with Crippen molar-refractivity contribution >= 4 is 22.9 Å². The van der Waals surface area contributed by atoms with Crippen LogP contribution in [-0.4, -0.2) is 62.1 Å². The number of fused-ring (bicyclic) bond motifs is 1. The van der Waals surface area contributed by atoms with Crippen LogP contribution in [0.1, 0.15) is 23.2 Å². The first kappa shape index (κ1) is 18.1. The lowest BCUT2D eigenvalue weighted by molar-refractivity contribution is 0.0694. The minimum atomic E-state index is 0.0260. The van der Waals surface area contributed by atoms with Gasteiger partial charge in [-0.2, -0.15) is 0 Å². The number of amides is 1. The fraction of sp³-hybridized carbons (Fsp3) is 0.421. The van der Waals surface area contributed by atoms with Crippen LogP contribution in [0.5, 0.6) is 5.88 Å². The maximum Gasteiger partial charge on any atom is 0.254 e. The highest BCUT2D eigenvalue weighted by atomic mass is 16.5. The zero-order valence-corrected chi connectivity index (χ0v) is 16.0. The molecular weight excluding hydrogens is 358 g/mol. The molecule has 1 aliphatic rings. The number of nitrogens with zero attached hydrogens (tertiary/aromatic N) is 6. The van der Waals surface area contributed by atoms with Crippen molar-refractivity contribution < 1.29 is 9.53 Å². The predicted molar refractivity (Wildman–Crippen MR) is 104 cm³/mol. The second kappa shape index (κ2) is 7.79. The average Bonchev–Trinajstić information content (AvgIpc) is 3.13. The van der Waals surface area contributed by atoms with E-state index in [1.54, 1.807) is 38.1 Å². The molecule has 0 radical (unpaired) electrons. The quantitative estimate of drug-likeness (QED) is 0.719. The summed E-state index contributed by atoms with van der Waals surface area (Å²) in [7, 11) is 3.46. The van der Waals surface area contributed by atoms with E-state index >= 15 is 0 Å². The first-order valence-electron chi connectivity index (χ1n) is 9.31. The van der Waals surface area contributed by atoms with Crippen LogP contribution < -0.4 is 10.1 Å². The number of methoxy groups -OCH3 is 1. The number of carbonyl (C=O) groups is 1. The van der Waals surface area contributed by atoms with Gasteiger partial charge >= 0.3 is 0 Å². The number of nitrogens with one attached hydrogen (secondary N) is 1. The number of aromatic nitrogens is 5. The van der Waals surface area contributed by atoms with Crippen molar-refractivity contribution in [2.45, 2.75) is 12.8 Å². The Bertz CT molecular complexity index is 979. The van der Waals surface area contributed by atoms with Gasteiger partial charge in [0, 0.05) is 44.5 Å². The lowest BCUT2D eigenvalue weighted by Gasteiger charge is -2.32. The minimum absolute atomic E-state index is 0.0260. The van der Waals surface area contributed by atoms with Gasteiger partial charge in [0.1, 0.15) is 11.8 Å². The number of hydrogen-bond acceptors (Lipinski definition) is 7. The molecule has 0 aliphatic carbocycles. The Morgan fingerprint density at radius 2 is 2.07 bits per heavy atom. The van der Waals surface area contributed by atoms with Gasteiger partial charge in [-0.15, -0.1) is 0 Å². The maximum absolute atomic E-state index is 12.7. The number of anilines is 1. The fourth-order valence-electron chi connectivity index (χ4n) is 3.49. The van der Waals surface area contributed by atoms with Crippen LogP contribution in [0, 0.1) is 5.92 Å². The third-order valence-corrected chi connectivity index (χ3v) is 5.15. The van der Waals surface area contributed by atoms with E-state index in [9.17, 15) is 4.79 Å². The zero-order valence-electron chi connectivity index (χ0n) is 16.0. The van der Waals surface area contributed by atoms with E-state index in [4.69, 9.17) is 4.74 Å². The number of imidazole rings is 1. The molecule has 4 rings (SSSR count). The molecule has 9 heteroatoms. The lowest BCUT2D eigenvalue weighted by Crippen LogP contribution is -2.40. The molecule has 3 aromatic rings. The van der Waals surface area contributed by atoms with Crippen molar-refractivity contribution in [3.05, 3.63) is 36.5 Å². The summed E-state index contributed by atoms with van der Waals surface area (Å²) >= 11 is 0. The summed E-state index contributed by atoms with van der Waals surface area (Å²) < 4.78 is 6.98. The molecule has 3 aromatic heterocycles. The Kier molecular flexibility index (Phi) is 5.05. The molecule has 28 heavy (non-hydrogen) atoms. The molecule has 0 unspecified atom stereocenters. The van der Waals surface area contributed by atoms with E-state index in [-0.39, 0.29) is 5.91 Å². The summed E-state index contributed by atoms with van der Waals surface area (Å²) in [6.07, 6.45) is 6.77. The van der Waals surface area contributed by atoms with Gasteiger partial charge in [-0.25, -0.2) is 19.9 Å². The van der Waals surface area contributed by atoms with E-state index < -0.39 is 0 Å². The molecule has 1 aliphatic heterocycles. The van der Waals surface area contributed by atoms with E-state index in [1.165, 1.54) is 0 Å². The summed E-state index contributed by atoms with van der Waals surface area (Å²) in [6.45, 7) is 2.27. The molecule has 1 N–H and O–H groups in total. The molecule has 0 bridgehead atoms. The summed E-state index contributed by atoms with van der Waals surface area (Å²) in [4.78, 5) is 31.6. The summed E-state index contributed by atoms with van der Waals surface area (Å²) in [5.41, 5.74) is 2.21. The van der Waals surface area contributed by atoms with E-state index in [0.717, 1.165) is 49.5 Å². The van der Waals surface area contributed by atoms with Crippen LogP contribution in [0.3, 0.4) is 0 Å². The number of piperidine rings is 1. The van der Waals surface area contributed by atoms with Gasteiger partial charge in [0.25, 0.3) is 5.91 Å². The monoisotopic (exact) mass is 381 g/mol. The van der Waals surface area contributed by atoms with Crippen LogP contribution in [0.2, 0.25) is 0 Å². The molecule has 4 heterocycles. The molecule has 1 fully saturated rings. The van der Waals surface area contributed by atoms with Crippen LogP contribution in [0.4, 0.5) is 5.82 Å². The topological polar surface area (TPSA) is 98.1 Å². The Hall–Kier alpha value is -3.23. The van der Waals surface area contributed by atoms with Gasteiger partial charge in [0.2, 0.25) is 5.88 Å². The minimum Gasteiger partial charge on any atom is -0.481 e. The lowest BCUT2D eigenvalue weighted by atomic mass is 9.96. The van der Waals surface area contributed by atoms with Crippen molar-refractivity contribution in [2.75, 3.05) is 32.1 Å². The fourth-order valence-corrected chi connectivity index (χ4v) is 3.49. The third-order valence-electron chi connectivity index (χ3n) is 5.15. The Morgan fingerprint density at radius 3 is 2.86 bits per heavy atom.